The summed E-state index contributed by atoms with van der Waals surface area (Å²) in [7, 11) is 0. The molecule has 3 rings (SSSR count). The SMILES string of the molecule is Cc1cc(C)n(Cc2ccc(C(=O)NCCCn3ccnc3)cc2)n1. The zero-order valence-corrected chi connectivity index (χ0v) is 14.6. The van der Waals surface area contributed by atoms with E-state index < -0.39 is 0 Å². The van der Waals surface area contributed by atoms with Crippen molar-refractivity contribution in [3.05, 3.63) is 71.6 Å². The van der Waals surface area contributed by atoms with E-state index in [9.17, 15) is 4.79 Å². The molecule has 0 atom stereocenters. The fraction of sp³-hybridized carbons (Fsp3) is 0.316. The third-order valence-corrected chi connectivity index (χ3v) is 4.09. The number of carbonyl (C=O) groups excluding carboxylic acids is 1. The first-order valence-electron chi connectivity index (χ1n) is 8.46. The van der Waals surface area contributed by atoms with Gasteiger partial charge in [0.25, 0.3) is 5.91 Å². The minimum atomic E-state index is -0.0386. The monoisotopic (exact) mass is 337 g/mol. The number of carbonyl (C=O) groups is 1. The van der Waals surface area contributed by atoms with Crippen LogP contribution in [-0.4, -0.2) is 31.8 Å². The molecule has 3 aromatic rings. The molecule has 0 aliphatic carbocycles. The van der Waals surface area contributed by atoms with Crippen LogP contribution in [-0.2, 0) is 13.1 Å². The lowest BCUT2D eigenvalue weighted by atomic mass is 10.1. The number of amides is 1. The van der Waals surface area contributed by atoms with Gasteiger partial charge in [0.2, 0.25) is 0 Å². The third-order valence-electron chi connectivity index (χ3n) is 4.09. The van der Waals surface area contributed by atoms with Crippen LogP contribution < -0.4 is 5.32 Å². The Morgan fingerprint density at radius 2 is 2.00 bits per heavy atom. The zero-order chi connectivity index (χ0) is 17.6. The molecule has 0 bridgehead atoms. The van der Waals surface area contributed by atoms with Crippen molar-refractivity contribution < 1.29 is 4.79 Å². The van der Waals surface area contributed by atoms with Crippen LogP contribution in [0.5, 0.6) is 0 Å². The Bertz CT molecular complexity index is 818. The molecule has 0 fully saturated rings. The molecular weight excluding hydrogens is 314 g/mol. The Balaban J connectivity index is 1.49. The first-order valence-corrected chi connectivity index (χ1v) is 8.46. The highest BCUT2D eigenvalue weighted by molar-refractivity contribution is 5.94. The molecule has 2 aromatic heterocycles. The maximum absolute atomic E-state index is 12.2. The highest BCUT2D eigenvalue weighted by Crippen LogP contribution is 2.09. The summed E-state index contributed by atoms with van der Waals surface area (Å²) >= 11 is 0. The molecule has 25 heavy (non-hydrogen) atoms. The number of aryl methyl sites for hydroxylation is 3. The molecule has 130 valence electrons. The smallest absolute Gasteiger partial charge is 0.251 e. The normalized spacial score (nSPS) is 10.8. The molecule has 0 saturated carbocycles. The van der Waals surface area contributed by atoms with Crippen molar-refractivity contribution in [3.63, 3.8) is 0 Å². The van der Waals surface area contributed by atoms with Gasteiger partial charge in [0.15, 0.2) is 0 Å². The Morgan fingerprint density at radius 1 is 1.20 bits per heavy atom. The van der Waals surface area contributed by atoms with Crippen LogP contribution in [0.25, 0.3) is 0 Å². The Kier molecular flexibility index (Phi) is 5.28. The second-order valence-electron chi connectivity index (χ2n) is 6.19. The van der Waals surface area contributed by atoms with Crippen LogP contribution in [0.15, 0.2) is 49.1 Å². The summed E-state index contributed by atoms with van der Waals surface area (Å²) in [5.41, 5.74) is 3.96. The van der Waals surface area contributed by atoms with Crippen molar-refractivity contribution in [1.29, 1.82) is 0 Å². The van der Waals surface area contributed by atoms with Gasteiger partial charge in [-0.15, -0.1) is 0 Å². The number of hydrogen-bond acceptors (Lipinski definition) is 3. The maximum Gasteiger partial charge on any atom is 0.251 e. The van der Waals surface area contributed by atoms with Crippen LogP contribution in [0.1, 0.15) is 33.7 Å². The Morgan fingerprint density at radius 3 is 2.64 bits per heavy atom. The predicted octanol–water partition coefficient (Wildman–Crippen LogP) is 2.56. The largest absolute Gasteiger partial charge is 0.352 e. The second-order valence-corrected chi connectivity index (χ2v) is 6.19. The van der Waals surface area contributed by atoms with Crippen LogP contribution in [0.2, 0.25) is 0 Å². The summed E-state index contributed by atoms with van der Waals surface area (Å²) < 4.78 is 3.97. The minimum Gasteiger partial charge on any atom is -0.352 e. The van der Waals surface area contributed by atoms with E-state index in [1.165, 1.54) is 0 Å². The molecule has 6 heteroatoms. The topological polar surface area (TPSA) is 64.7 Å². The van der Waals surface area contributed by atoms with E-state index in [0.717, 1.165) is 29.9 Å². The van der Waals surface area contributed by atoms with Gasteiger partial charge in [-0.25, -0.2) is 4.98 Å². The molecule has 2 heterocycles. The van der Waals surface area contributed by atoms with Crippen molar-refractivity contribution in [2.24, 2.45) is 0 Å². The van der Waals surface area contributed by atoms with E-state index in [1.54, 1.807) is 12.5 Å². The van der Waals surface area contributed by atoms with E-state index in [4.69, 9.17) is 0 Å². The second kappa shape index (κ2) is 7.79. The van der Waals surface area contributed by atoms with Crippen LogP contribution >= 0.6 is 0 Å². The van der Waals surface area contributed by atoms with Crippen molar-refractivity contribution in [3.8, 4) is 0 Å². The molecule has 0 aliphatic heterocycles. The van der Waals surface area contributed by atoms with Crippen molar-refractivity contribution in [2.45, 2.75) is 33.4 Å². The number of nitrogens with one attached hydrogen (secondary N) is 1. The van der Waals surface area contributed by atoms with Gasteiger partial charge in [-0.3, -0.25) is 9.48 Å². The minimum absolute atomic E-state index is 0.0386. The number of imidazole rings is 1. The van der Waals surface area contributed by atoms with Crippen molar-refractivity contribution in [2.75, 3.05) is 6.54 Å². The summed E-state index contributed by atoms with van der Waals surface area (Å²) in [6.07, 6.45) is 6.33. The molecule has 6 nitrogen and oxygen atoms in total. The molecule has 0 saturated heterocycles. The first kappa shape index (κ1) is 17.0. The van der Waals surface area contributed by atoms with E-state index in [-0.39, 0.29) is 5.91 Å². The van der Waals surface area contributed by atoms with Crippen LogP contribution in [0.3, 0.4) is 0 Å². The number of rotatable bonds is 7. The summed E-state index contributed by atoms with van der Waals surface area (Å²) in [5, 5.41) is 7.42. The number of hydrogen-bond donors (Lipinski definition) is 1. The molecule has 1 amide bonds. The van der Waals surface area contributed by atoms with Gasteiger partial charge in [0, 0.05) is 36.7 Å². The molecule has 0 radical (unpaired) electrons. The van der Waals surface area contributed by atoms with Gasteiger partial charge in [-0.05, 0) is 44.0 Å². The van der Waals surface area contributed by atoms with Crippen LogP contribution in [0.4, 0.5) is 0 Å². The van der Waals surface area contributed by atoms with Crippen LogP contribution in [0, 0.1) is 13.8 Å². The first-order chi connectivity index (χ1) is 12.1. The fourth-order valence-electron chi connectivity index (χ4n) is 2.75. The summed E-state index contributed by atoms with van der Waals surface area (Å²) in [4.78, 5) is 16.2. The maximum atomic E-state index is 12.2. The number of nitrogens with zero attached hydrogens (tertiary/aromatic N) is 4. The predicted molar refractivity (Wildman–Crippen MR) is 96.4 cm³/mol. The van der Waals surface area contributed by atoms with Gasteiger partial charge in [0.1, 0.15) is 0 Å². The van der Waals surface area contributed by atoms with E-state index in [2.05, 4.69) is 21.5 Å². The molecule has 0 spiro atoms. The average molecular weight is 337 g/mol. The lowest BCUT2D eigenvalue weighted by molar-refractivity contribution is 0.0952. The van der Waals surface area contributed by atoms with Gasteiger partial charge in [0.05, 0.1) is 18.6 Å². The fourth-order valence-corrected chi connectivity index (χ4v) is 2.75. The lowest BCUT2D eigenvalue weighted by Crippen LogP contribution is -2.25. The van der Waals surface area contributed by atoms with Gasteiger partial charge in [-0.1, -0.05) is 12.1 Å². The van der Waals surface area contributed by atoms with Gasteiger partial charge < -0.3 is 9.88 Å². The van der Waals surface area contributed by atoms with Gasteiger partial charge >= 0.3 is 0 Å². The molecular formula is C19H23N5O. The average Bonchev–Trinajstić information content (AvgIpc) is 3.22. The highest BCUT2D eigenvalue weighted by atomic mass is 16.1. The quantitative estimate of drug-likeness (QED) is 0.674. The molecule has 0 aliphatic rings. The Labute approximate surface area is 147 Å². The summed E-state index contributed by atoms with van der Waals surface area (Å²) in [6, 6.07) is 9.76. The Hall–Kier alpha value is -2.89. The molecule has 1 aromatic carbocycles. The number of aromatic nitrogens is 4. The van der Waals surface area contributed by atoms with E-state index >= 15 is 0 Å². The third kappa shape index (κ3) is 4.56. The van der Waals surface area contributed by atoms with Gasteiger partial charge in [-0.2, -0.15) is 5.10 Å². The van der Waals surface area contributed by atoms with E-state index in [1.807, 2.05) is 53.6 Å². The van der Waals surface area contributed by atoms with Crippen molar-refractivity contribution >= 4 is 5.91 Å². The molecule has 0 unspecified atom stereocenters. The summed E-state index contributed by atoms with van der Waals surface area (Å²) in [5.74, 6) is -0.0386. The molecule has 1 N–H and O–H groups in total. The summed E-state index contributed by atoms with van der Waals surface area (Å²) in [6.45, 7) is 6.24. The van der Waals surface area contributed by atoms with Crippen molar-refractivity contribution in [1.82, 2.24) is 24.6 Å². The standard InChI is InChI=1S/C19H23N5O/c1-15-12-16(2)24(22-15)13-17-4-6-18(7-5-17)19(25)21-8-3-10-23-11-9-20-14-23/h4-7,9,11-12,14H,3,8,10,13H2,1-2H3,(H,21,25). The zero-order valence-electron chi connectivity index (χ0n) is 14.6. The number of benzene rings is 1. The van der Waals surface area contributed by atoms with E-state index in [0.29, 0.717) is 18.7 Å². The lowest BCUT2D eigenvalue weighted by Gasteiger charge is -2.08. The highest BCUT2D eigenvalue weighted by Gasteiger charge is 2.06.